The smallest absolute Gasteiger partial charge is 0.257 e. The molecule has 100 valence electrons. The van der Waals surface area contributed by atoms with E-state index in [1.807, 2.05) is 0 Å². The zero-order valence-electron chi connectivity index (χ0n) is 10.0. The maximum absolute atomic E-state index is 13.5. The molecule has 0 aliphatic heterocycles. The summed E-state index contributed by atoms with van der Waals surface area (Å²) in [7, 11) is 0. The maximum Gasteiger partial charge on any atom is 0.257 e. The number of nitrogen functional groups attached to an aromatic ring is 1. The fourth-order valence-electron chi connectivity index (χ4n) is 1.42. The van der Waals surface area contributed by atoms with Gasteiger partial charge in [0.1, 0.15) is 11.4 Å². The molecule has 0 aliphatic carbocycles. The van der Waals surface area contributed by atoms with Crippen LogP contribution in [0.1, 0.15) is 30.1 Å². The summed E-state index contributed by atoms with van der Waals surface area (Å²) < 4.78 is 26.8. The Morgan fingerprint density at radius 3 is 2.78 bits per heavy atom. The lowest BCUT2D eigenvalue weighted by atomic mass is 10.1. The Balaban J connectivity index is 2.70. The second kappa shape index (κ2) is 6.30. The summed E-state index contributed by atoms with van der Waals surface area (Å²) in [5, 5.41) is 11.6. The van der Waals surface area contributed by atoms with Crippen molar-refractivity contribution in [1.29, 1.82) is 0 Å². The van der Waals surface area contributed by atoms with E-state index >= 15 is 0 Å². The van der Waals surface area contributed by atoms with Crippen LogP contribution in [0.25, 0.3) is 0 Å². The van der Waals surface area contributed by atoms with Crippen LogP contribution in [-0.4, -0.2) is 23.7 Å². The summed E-state index contributed by atoms with van der Waals surface area (Å²) in [6, 6.07) is 2.00. The fourth-order valence-corrected chi connectivity index (χ4v) is 1.42. The van der Waals surface area contributed by atoms with Crippen molar-refractivity contribution in [3.05, 3.63) is 29.3 Å². The van der Waals surface area contributed by atoms with Gasteiger partial charge in [-0.05, 0) is 25.0 Å². The van der Waals surface area contributed by atoms with Gasteiger partial charge in [0.15, 0.2) is 5.82 Å². The average molecular weight is 258 g/mol. The highest BCUT2D eigenvalue weighted by Crippen LogP contribution is 2.18. The van der Waals surface area contributed by atoms with Crippen molar-refractivity contribution < 1.29 is 18.7 Å². The number of aliphatic hydroxyl groups excluding tert-OH is 1. The number of carbonyl (C=O) groups is 1. The number of aliphatic hydroxyl groups is 1. The highest BCUT2D eigenvalue weighted by atomic mass is 19.1. The minimum absolute atomic E-state index is 0.140. The average Bonchev–Trinajstić information content (AvgIpc) is 2.34. The molecule has 1 aromatic carbocycles. The van der Waals surface area contributed by atoms with E-state index in [4.69, 9.17) is 5.73 Å². The Morgan fingerprint density at radius 2 is 2.17 bits per heavy atom. The van der Waals surface area contributed by atoms with Crippen molar-refractivity contribution in [3.8, 4) is 0 Å². The Kier molecular flexibility index (Phi) is 5.03. The molecule has 1 aromatic rings. The van der Waals surface area contributed by atoms with Gasteiger partial charge in [-0.15, -0.1) is 0 Å². The molecule has 0 aromatic heterocycles. The largest absolute Gasteiger partial charge is 0.396 e. The summed E-state index contributed by atoms with van der Waals surface area (Å²) in [4.78, 5) is 11.6. The van der Waals surface area contributed by atoms with Crippen molar-refractivity contribution in [2.45, 2.75) is 25.9 Å². The second-order valence-corrected chi connectivity index (χ2v) is 3.93. The topological polar surface area (TPSA) is 75.3 Å². The second-order valence-electron chi connectivity index (χ2n) is 3.93. The molecule has 1 atom stereocenters. The third-order valence-corrected chi connectivity index (χ3v) is 2.58. The standard InChI is InChI=1S/C12H16F2N2O2/c1-2-7(17)5-6-16-12(18)10-8(13)3-4-9(15)11(10)14/h3-4,7,17H,2,5-6,15H2,1H3,(H,16,18). The van der Waals surface area contributed by atoms with Crippen molar-refractivity contribution >= 4 is 11.6 Å². The normalized spacial score (nSPS) is 12.2. The number of anilines is 1. The molecular formula is C12H16F2N2O2. The van der Waals surface area contributed by atoms with Crippen molar-refractivity contribution in [2.24, 2.45) is 0 Å². The van der Waals surface area contributed by atoms with Crippen LogP contribution < -0.4 is 11.1 Å². The first-order valence-corrected chi connectivity index (χ1v) is 5.67. The number of rotatable bonds is 5. The van der Waals surface area contributed by atoms with E-state index in [-0.39, 0.29) is 12.2 Å². The van der Waals surface area contributed by atoms with Gasteiger partial charge in [-0.1, -0.05) is 6.92 Å². The number of hydrogen-bond donors (Lipinski definition) is 3. The number of hydrogen-bond acceptors (Lipinski definition) is 3. The number of benzene rings is 1. The first kappa shape index (κ1) is 14.4. The lowest BCUT2D eigenvalue weighted by Crippen LogP contribution is -2.28. The van der Waals surface area contributed by atoms with E-state index in [9.17, 15) is 18.7 Å². The van der Waals surface area contributed by atoms with E-state index in [1.165, 1.54) is 0 Å². The molecule has 0 saturated heterocycles. The first-order chi connectivity index (χ1) is 8.47. The summed E-state index contributed by atoms with van der Waals surface area (Å²) in [5.41, 5.74) is 4.29. The van der Waals surface area contributed by atoms with Crippen LogP contribution in [0.5, 0.6) is 0 Å². The molecule has 1 rings (SSSR count). The minimum atomic E-state index is -1.07. The molecule has 0 aliphatic rings. The number of nitrogens with two attached hydrogens (primary N) is 1. The molecule has 1 amide bonds. The third-order valence-electron chi connectivity index (χ3n) is 2.58. The zero-order valence-corrected chi connectivity index (χ0v) is 10.0. The van der Waals surface area contributed by atoms with Gasteiger partial charge in [0.05, 0.1) is 11.8 Å². The predicted molar refractivity (Wildman–Crippen MR) is 64.0 cm³/mol. The molecule has 4 N–H and O–H groups in total. The van der Waals surface area contributed by atoms with E-state index < -0.39 is 29.2 Å². The van der Waals surface area contributed by atoms with E-state index in [2.05, 4.69) is 5.32 Å². The summed E-state index contributed by atoms with van der Waals surface area (Å²) >= 11 is 0. The quantitative estimate of drug-likeness (QED) is 0.699. The molecule has 0 spiro atoms. The summed E-state index contributed by atoms with van der Waals surface area (Å²) in [6.45, 7) is 1.94. The number of amides is 1. The lowest BCUT2D eigenvalue weighted by molar-refractivity contribution is 0.0934. The lowest BCUT2D eigenvalue weighted by Gasteiger charge is -2.10. The fraction of sp³-hybridized carbons (Fsp3) is 0.417. The van der Waals surface area contributed by atoms with Crippen LogP contribution in [0.2, 0.25) is 0 Å². The first-order valence-electron chi connectivity index (χ1n) is 5.67. The number of nitrogens with one attached hydrogen (secondary N) is 1. The van der Waals surface area contributed by atoms with Crippen LogP contribution in [0.3, 0.4) is 0 Å². The minimum Gasteiger partial charge on any atom is -0.396 e. The third kappa shape index (κ3) is 3.40. The number of carbonyl (C=O) groups excluding carboxylic acids is 1. The molecule has 18 heavy (non-hydrogen) atoms. The van der Waals surface area contributed by atoms with E-state index in [0.29, 0.717) is 12.8 Å². The molecule has 0 fully saturated rings. The van der Waals surface area contributed by atoms with Crippen LogP contribution in [0.4, 0.5) is 14.5 Å². The maximum atomic E-state index is 13.5. The Hall–Kier alpha value is -1.69. The van der Waals surface area contributed by atoms with Gasteiger partial charge in [-0.2, -0.15) is 0 Å². The van der Waals surface area contributed by atoms with Crippen LogP contribution in [0, 0.1) is 11.6 Å². The van der Waals surface area contributed by atoms with Gasteiger partial charge >= 0.3 is 0 Å². The van der Waals surface area contributed by atoms with Gasteiger partial charge < -0.3 is 16.2 Å². The van der Waals surface area contributed by atoms with E-state index in [1.54, 1.807) is 6.92 Å². The highest BCUT2D eigenvalue weighted by Gasteiger charge is 2.19. The summed E-state index contributed by atoms with van der Waals surface area (Å²) in [6.07, 6.45) is 0.339. The van der Waals surface area contributed by atoms with Crippen molar-refractivity contribution in [2.75, 3.05) is 12.3 Å². The number of halogens is 2. The van der Waals surface area contributed by atoms with Crippen molar-refractivity contribution in [1.82, 2.24) is 5.32 Å². The Bertz CT molecular complexity index is 438. The molecule has 1 unspecified atom stereocenters. The highest BCUT2D eigenvalue weighted by molar-refractivity contribution is 5.95. The van der Waals surface area contributed by atoms with Crippen LogP contribution in [-0.2, 0) is 0 Å². The molecule has 4 nitrogen and oxygen atoms in total. The van der Waals surface area contributed by atoms with Gasteiger partial charge in [-0.25, -0.2) is 8.78 Å². The van der Waals surface area contributed by atoms with Gasteiger partial charge in [0.2, 0.25) is 0 Å². The SMILES string of the molecule is CCC(O)CCNC(=O)c1c(F)ccc(N)c1F. The van der Waals surface area contributed by atoms with Gasteiger partial charge in [-0.3, -0.25) is 4.79 Å². The van der Waals surface area contributed by atoms with Gasteiger partial charge in [0, 0.05) is 6.54 Å². The Labute approximate surface area is 104 Å². The van der Waals surface area contributed by atoms with E-state index in [0.717, 1.165) is 12.1 Å². The molecule has 6 heteroatoms. The van der Waals surface area contributed by atoms with Crippen LogP contribution in [0.15, 0.2) is 12.1 Å². The Morgan fingerprint density at radius 1 is 1.50 bits per heavy atom. The predicted octanol–water partition coefficient (Wildman–Crippen LogP) is 1.44. The monoisotopic (exact) mass is 258 g/mol. The molecular weight excluding hydrogens is 242 g/mol. The van der Waals surface area contributed by atoms with Gasteiger partial charge in [0.25, 0.3) is 5.91 Å². The molecule has 0 heterocycles. The van der Waals surface area contributed by atoms with Crippen LogP contribution >= 0.6 is 0 Å². The zero-order chi connectivity index (χ0) is 13.7. The van der Waals surface area contributed by atoms with Crippen molar-refractivity contribution in [3.63, 3.8) is 0 Å². The molecule has 0 radical (unpaired) electrons. The molecule has 0 saturated carbocycles. The molecule has 0 bridgehead atoms. The summed E-state index contributed by atoms with van der Waals surface area (Å²) in [5.74, 6) is -2.90.